The maximum Gasteiger partial charge on any atom is 0.193 e. The fraction of sp³-hybridized carbons (Fsp3) is 0.316. The van der Waals surface area contributed by atoms with Gasteiger partial charge in [-0.25, -0.2) is 0 Å². The summed E-state index contributed by atoms with van der Waals surface area (Å²) in [5.74, 6) is 1.59. The van der Waals surface area contributed by atoms with Gasteiger partial charge in [-0.1, -0.05) is 42.5 Å². The lowest BCUT2D eigenvalue weighted by atomic mass is 10.0. The molecular weight excluding hydrogens is 318 g/mol. The molecule has 0 aromatic heterocycles. The Morgan fingerprint density at radius 1 is 1.25 bits per heavy atom. The van der Waals surface area contributed by atoms with E-state index in [1.807, 2.05) is 36.0 Å². The fourth-order valence-corrected chi connectivity index (χ4v) is 4.12. The molecule has 0 aliphatic carbocycles. The number of aryl methyl sites for hydroxylation is 1. The maximum atomic E-state index is 6.10. The van der Waals surface area contributed by atoms with Gasteiger partial charge in [-0.3, -0.25) is 4.99 Å². The van der Waals surface area contributed by atoms with E-state index >= 15 is 0 Å². The van der Waals surface area contributed by atoms with Crippen LogP contribution in [0.3, 0.4) is 0 Å². The first-order chi connectivity index (χ1) is 11.8. The zero-order chi connectivity index (χ0) is 16.8. The zero-order valence-electron chi connectivity index (χ0n) is 13.9. The number of rotatable bonds is 5. The van der Waals surface area contributed by atoms with Crippen molar-refractivity contribution in [1.82, 2.24) is 0 Å². The van der Waals surface area contributed by atoms with E-state index in [4.69, 9.17) is 10.5 Å². The van der Waals surface area contributed by atoms with Crippen molar-refractivity contribution in [1.29, 1.82) is 0 Å². The highest BCUT2D eigenvalue weighted by Crippen LogP contribution is 2.36. The van der Waals surface area contributed by atoms with Crippen LogP contribution in [0.5, 0.6) is 0 Å². The van der Waals surface area contributed by atoms with E-state index in [1.54, 1.807) is 7.11 Å². The summed E-state index contributed by atoms with van der Waals surface area (Å²) in [6, 6.07) is 16.6. The highest BCUT2D eigenvalue weighted by atomic mass is 32.2. The molecule has 5 heteroatoms. The lowest BCUT2D eigenvalue weighted by Crippen LogP contribution is -2.24. The maximum absolute atomic E-state index is 6.10. The molecule has 0 fully saturated rings. The van der Waals surface area contributed by atoms with Crippen LogP contribution < -0.4 is 11.1 Å². The average Bonchev–Trinajstić information content (AvgIpc) is 2.62. The van der Waals surface area contributed by atoms with Crippen LogP contribution in [0, 0.1) is 0 Å². The van der Waals surface area contributed by atoms with E-state index < -0.39 is 0 Å². The molecule has 0 amide bonds. The average molecular weight is 341 g/mol. The lowest BCUT2D eigenvalue weighted by molar-refractivity contribution is 0.185. The highest BCUT2D eigenvalue weighted by molar-refractivity contribution is 7.99. The molecular formula is C19H23N3OS. The van der Waals surface area contributed by atoms with E-state index in [0.29, 0.717) is 24.4 Å². The molecule has 1 aliphatic heterocycles. The number of ether oxygens (including phenoxy) is 1. The Kier molecular flexibility index (Phi) is 5.77. The first-order valence-electron chi connectivity index (χ1n) is 8.11. The predicted molar refractivity (Wildman–Crippen MR) is 103 cm³/mol. The second kappa shape index (κ2) is 8.22. The van der Waals surface area contributed by atoms with Crippen LogP contribution in [-0.2, 0) is 17.8 Å². The molecule has 2 aromatic rings. The topological polar surface area (TPSA) is 59.6 Å². The number of thioether (sulfide) groups is 1. The highest BCUT2D eigenvalue weighted by Gasteiger charge is 2.19. The van der Waals surface area contributed by atoms with Gasteiger partial charge in [-0.05, 0) is 29.4 Å². The van der Waals surface area contributed by atoms with Gasteiger partial charge in [0.15, 0.2) is 5.96 Å². The van der Waals surface area contributed by atoms with E-state index in [1.165, 1.54) is 11.1 Å². The van der Waals surface area contributed by atoms with Crippen LogP contribution in [0.25, 0.3) is 0 Å². The molecule has 4 nitrogen and oxygen atoms in total. The predicted octanol–water partition coefficient (Wildman–Crippen LogP) is 3.59. The molecule has 2 aromatic carbocycles. The molecule has 0 bridgehead atoms. The van der Waals surface area contributed by atoms with Crippen LogP contribution >= 0.6 is 11.8 Å². The van der Waals surface area contributed by atoms with Crippen LogP contribution in [-0.4, -0.2) is 25.4 Å². The summed E-state index contributed by atoms with van der Waals surface area (Å²) in [6.45, 7) is 1.23. The monoisotopic (exact) mass is 341 g/mol. The zero-order valence-corrected chi connectivity index (χ0v) is 14.7. The smallest absolute Gasteiger partial charge is 0.193 e. The minimum absolute atomic E-state index is 0.379. The summed E-state index contributed by atoms with van der Waals surface area (Å²) in [5.41, 5.74) is 10.9. The second-order valence-electron chi connectivity index (χ2n) is 5.75. The minimum atomic E-state index is 0.379. The number of hydrogen-bond acceptors (Lipinski definition) is 3. The molecule has 0 saturated heterocycles. The first kappa shape index (κ1) is 16.9. The van der Waals surface area contributed by atoms with E-state index in [2.05, 4.69) is 34.6 Å². The Hall–Kier alpha value is -1.98. The van der Waals surface area contributed by atoms with Crippen LogP contribution in [0.15, 0.2) is 53.5 Å². The van der Waals surface area contributed by atoms with Gasteiger partial charge < -0.3 is 15.8 Å². The molecule has 1 atom stereocenters. The van der Waals surface area contributed by atoms with Crippen molar-refractivity contribution < 1.29 is 4.74 Å². The number of benzene rings is 2. The van der Waals surface area contributed by atoms with E-state index in [9.17, 15) is 0 Å². The van der Waals surface area contributed by atoms with Gasteiger partial charge in [-0.2, -0.15) is 11.8 Å². The van der Waals surface area contributed by atoms with Crippen LogP contribution in [0.4, 0.5) is 5.69 Å². The van der Waals surface area contributed by atoms with Gasteiger partial charge in [0, 0.05) is 23.6 Å². The van der Waals surface area contributed by atoms with Crippen molar-refractivity contribution in [3.8, 4) is 0 Å². The van der Waals surface area contributed by atoms with Gasteiger partial charge in [-0.15, -0.1) is 0 Å². The summed E-state index contributed by atoms with van der Waals surface area (Å²) in [4.78, 5) is 4.56. The van der Waals surface area contributed by atoms with Gasteiger partial charge in [0.25, 0.3) is 0 Å². The summed E-state index contributed by atoms with van der Waals surface area (Å²) in [6.07, 6.45) is 1.14. The number of nitrogens with zero attached hydrogens (tertiary/aromatic N) is 1. The summed E-state index contributed by atoms with van der Waals surface area (Å²) < 4.78 is 5.22. The third-order valence-electron chi connectivity index (χ3n) is 4.10. The molecule has 1 unspecified atom stereocenters. The molecule has 3 rings (SSSR count). The number of methoxy groups -OCH3 is 1. The van der Waals surface area contributed by atoms with Gasteiger partial charge in [0.1, 0.15) is 0 Å². The van der Waals surface area contributed by atoms with Gasteiger partial charge in [0.2, 0.25) is 0 Å². The molecule has 126 valence electrons. The number of anilines is 1. The molecule has 1 aliphatic rings. The van der Waals surface area contributed by atoms with Crippen molar-refractivity contribution in [2.75, 3.05) is 24.7 Å². The van der Waals surface area contributed by atoms with Gasteiger partial charge in [0.05, 0.1) is 13.2 Å². The molecule has 1 heterocycles. The number of aliphatic imine (C=N–C) groups is 1. The third-order valence-corrected chi connectivity index (χ3v) is 5.35. The third kappa shape index (κ3) is 4.10. The van der Waals surface area contributed by atoms with E-state index in [-0.39, 0.29) is 0 Å². The van der Waals surface area contributed by atoms with Crippen LogP contribution in [0.1, 0.15) is 21.9 Å². The van der Waals surface area contributed by atoms with Crippen LogP contribution in [0.2, 0.25) is 0 Å². The standard InChI is InChI=1S/C19H23N3OS/c1-23-13-15-7-3-5-9-17(15)22-19(20)21-12-18-16-8-4-2-6-14(16)10-11-24-18/h2-9,18H,10-13H2,1H3,(H3,20,21,22). The SMILES string of the molecule is COCc1ccccc1NC(N)=NCC1SCCc2ccccc21. The quantitative estimate of drug-likeness (QED) is 0.644. The molecule has 0 spiro atoms. The Bertz CT molecular complexity index is 717. The molecule has 0 saturated carbocycles. The minimum Gasteiger partial charge on any atom is -0.380 e. The largest absolute Gasteiger partial charge is 0.380 e. The van der Waals surface area contributed by atoms with Crippen molar-refractivity contribution in [3.05, 3.63) is 65.2 Å². The second-order valence-corrected chi connectivity index (χ2v) is 7.06. The van der Waals surface area contributed by atoms with Crippen molar-refractivity contribution in [2.45, 2.75) is 18.3 Å². The normalized spacial score (nSPS) is 17.4. The summed E-state index contributed by atoms with van der Waals surface area (Å²) in [7, 11) is 1.69. The summed E-state index contributed by atoms with van der Waals surface area (Å²) in [5, 5.41) is 3.58. The van der Waals surface area contributed by atoms with E-state index in [0.717, 1.165) is 23.4 Å². The number of hydrogen-bond donors (Lipinski definition) is 2. The number of nitrogens with one attached hydrogen (secondary N) is 1. The molecule has 3 N–H and O–H groups in total. The number of fused-ring (bicyclic) bond motifs is 1. The first-order valence-corrected chi connectivity index (χ1v) is 9.16. The number of para-hydroxylation sites is 1. The number of nitrogens with two attached hydrogens (primary N) is 1. The Morgan fingerprint density at radius 3 is 2.92 bits per heavy atom. The molecule has 0 radical (unpaired) electrons. The lowest BCUT2D eigenvalue weighted by Gasteiger charge is -2.23. The Balaban J connectivity index is 1.68. The number of guanidine groups is 1. The Labute approximate surface area is 147 Å². The molecule has 24 heavy (non-hydrogen) atoms. The van der Waals surface area contributed by atoms with Gasteiger partial charge >= 0.3 is 0 Å². The van der Waals surface area contributed by atoms with Crippen molar-refractivity contribution in [3.63, 3.8) is 0 Å². The Morgan fingerprint density at radius 2 is 2.04 bits per heavy atom. The fourth-order valence-electron chi connectivity index (χ4n) is 2.91. The van der Waals surface area contributed by atoms with Crippen molar-refractivity contribution in [2.24, 2.45) is 10.7 Å². The summed E-state index contributed by atoms with van der Waals surface area (Å²) >= 11 is 1.96. The van der Waals surface area contributed by atoms with Crippen molar-refractivity contribution >= 4 is 23.4 Å².